The normalized spacial score (nSPS) is 20.8. The summed E-state index contributed by atoms with van der Waals surface area (Å²) in [4.78, 5) is 32.7. The molecule has 1 amide bonds. The summed E-state index contributed by atoms with van der Waals surface area (Å²) in [5, 5.41) is 14.8. The molecule has 4 rings (SSSR count). The number of ether oxygens (including phenoxy) is 1. The number of fused-ring (bicyclic) bond motifs is 1. The van der Waals surface area contributed by atoms with Crippen LogP contribution in [0.5, 0.6) is 5.75 Å². The van der Waals surface area contributed by atoms with E-state index in [1.807, 2.05) is 34.0 Å². The van der Waals surface area contributed by atoms with Gasteiger partial charge in [0.2, 0.25) is 5.91 Å². The molecule has 0 spiro atoms. The van der Waals surface area contributed by atoms with Crippen LogP contribution in [0.25, 0.3) is 0 Å². The Labute approximate surface area is 232 Å². The smallest absolute Gasteiger partial charge is 0.308 e. The first-order valence-electron chi connectivity index (χ1n) is 14.5. The number of hydrogen-bond donors (Lipinski definition) is 1. The van der Waals surface area contributed by atoms with E-state index in [0.717, 1.165) is 68.6 Å². The summed E-state index contributed by atoms with van der Waals surface area (Å²) in [5.41, 5.74) is 2.17. The maximum Gasteiger partial charge on any atom is 0.308 e. The number of aryl methyl sites for hydroxylation is 1. The SMILES string of the molecule is CCCCN(CCCCN(C)C)C(=O)CN1C[C@H](c2ccc3c(c2)CCO3)C(C(=O)O)[C@@H]1CCn1cccn1. The molecule has 2 aromatic rings. The Kier molecular flexibility index (Phi) is 10.4. The van der Waals surface area contributed by atoms with Crippen LogP contribution in [0.4, 0.5) is 0 Å². The highest BCUT2D eigenvalue weighted by Crippen LogP contribution is 2.41. The summed E-state index contributed by atoms with van der Waals surface area (Å²) in [6.45, 7) is 6.72. The zero-order valence-electron chi connectivity index (χ0n) is 23.8. The number of rotatable bonds is 15. The van der Waals surface area contributed by atoms with Crippen LogP contribution in [0, 0.1) is 5.92 Å². The lowest BCUT2D eigenvalue weighted by atomic mass is 9.83. The average Bonchev–Trinajstić information content (AvgIpc) is 3.66. The number of hydrogen-bond acceptors (Lipinski definition) is 6. The fourth-order valence-electron chi connectivity index (χ4n) is 6.04. The lowest BCUT2D eigenvalue weighted by molar-refractivity contribution is -0.144. The van der Waals surface area contributed by atoms with Crippen LogP contribution in [0.15, 0.2) is 36.7 Å². The number of unbranched alkanes of at least 4 members (excludes halogenated alkanes) is 2. The summed E-state index contributed by atoms with van der Waals surface area (Å²) in [6, 6.07) is 7.73. The lowest BCUT2D eigenvalue weighted by Gasteiger charge is -2.30. The number of carbonyl (C=O) groups is 2. The van der Waals surface area contributed by atoms with Gasteiger partial charge in [0.25, 0.3) is 0 Å². The van der Waals surface area contributed by atoms with Crippen molar-refractivity contribution in [2.45, 2.75) is 64.0 Å². The molecule has 214 valence electrons. The largest absolute Gasteiger partial charge is 0.493 e. The molecule has 0 aliphatic carbocycles. The lowest BCUT2D eigenvalue weighted by Crippen LogP contribution is -2.45. The Hall–Kier alpha value is -2.91. The first-order valence-corrected chi connectivity index (χ1v) is 14.5. The van der Waals surface area contributed by atoms with Crippen molar-refractivity contribution in [3.8, 4) is 5.75 Å². The molecule has 1 fully saturated rings. The van der Waals surface area contributed by atoms with Crippen molar-refractivity contribution in [1.29, 1.82) is 0 Å². The van der Waals surface area contributed by atoms with Crippen LogP contribution in [-0.2, 0) is 22.6 Å². The molecule has 1 N–H and O–H groups in total. The molecular formula is C30H45N5O4. The highest BCUT2D eigenvalue weighted by atomic mass is 16.5. The van der Waals surface area contributed by atoms with Crippen LogP contribution in [-0.4, -0.2) is 101 Å². The quantitative estimate of drug-likeness (QED) is 0.347. The summed E-state index contributed by atoms with van der Waals surface area (Å²) in [6.07, 6.45) is 9.12. The van der Waals surface area contributed by atoms with E-state index >= 15 is 0 Å². The van der Waals surface area contributed by atoms with E-state index in [9.17, 15) is 14.7 Å². The maximum absolute atomic E-state index is 13.7. The van der Waals surface area contributed by atoms with E-state index in [2.05, 4.69) is 42.0 Å². The topological polar surface area (TPSA) is 91.1 Å². The Balaban J connectivity index is 1.53. The molecule has 1 aromatic carbocycles. The molecule has 2 aliphatic heterocycles. The summed E-state index contributed by atoms with van der Waals surface area (Å²) in [5.74, 6) is -0.592. The third-order valence-electron chi connectivity index (χ3n) is 8.14. The van der Waals surface area contributed by atoms with Gasteiger partial charge < -0.3 is 19.6 Å². The molecule has 1 unspecified atom stereocenters. The number of likely N-dealkylation sites (tertiary alicyclic amines) is 1. The maximum atomic E-state index is 13.7. The van der Waals surface area contributed by atoms with Gasteiger partial charge in [0, 0.05) is 57.0 Å². The van der Waals surface area contributed by atoms with Crippen molar-refractivity contribution in [2.24, 2.45) is 5.92 Å². The van der Waals surface area contributed by atoms with Gasteiger partial charge in [-0.15, -0.1) is 0 Å². The van der Waals surface area contributed by atoms with Gasteiger partial charge in [-0.2, -0.15) is 5.10 Å². The fraction of sp³-hybridized carbons (Fsp3) is 0.633. The Morgan fingerprint density at radius 2 is 1.95 bits per heavy atom. The number of carboxylic acid groups (broad SMARTS) is 1. The number of carboxylic acids is 1. The molecule has 1 aromatic heterocycles. The molecule has 0 radical (unpaired) electrons. The first kappa shape index (κ1) is 29.1. The number of nitrogens with zero attached hydrogens (tertiary/aromatic N) is 5. The summed E-state index contributed by atoms with van der Waals surface area (Å²) in [7, 11) is 4.14. The second kappa shape index (κ2) is 13.9. The number of benzene rings is 1. The number of aliphatic carboxylic acids is 1. The second-order valence-electron chi connectivity index (χ2n) is 11.2. The van der Waals surface area contributed by atoms with Gasteiger partial charge in [0.05, 0.1) is 19.1 Å². The standard InChI is InChI=1S/C30H45N5O4/c1-4-5-15-33(16-7-6-14-32(2)3)28(36)22-34-21-25(23-9-10-27-24(20-23)12-19-39-27)29(30(37)38)26(34)11-18-35-17-8-13-31-35/h8-10,13,17,20,25-26,29H,4-7,11-12,14-16,18-19,21-22H2,1-3H3,(H,37,38)/t25-,26+,29?/m1/s1. The minimum Gasteiger partial charge on any atom is -0.493 e. The first-order chi connectivity index (χ1) is 18.9. The van der Waals surface area contributed by atoms with Crippen molar-refractivity contribution in [3.63, 3.8) is 0 Å². The zero-order valence-corrected chi connectivity index (χ0v) is 23.8. The number of amides is 1. The van der Waals surface area contributed by atoms with Crippen LogP contribution < -0.4 is 4.74 Å². The highest BCUT2D eigenvalue weighted by molar-refractivity contribution is 5.79. The van der Waals surface area contributed by atoms with Crippen molar-refractivity contribution < 1.29 is 19.4 Å². The molecule has 3 atom stereocenters. The van der Waals surface area contributed by atoms with Crippen molar-refractivity contribution >= 4 is 11.9 Å². The molecular weight excluding hydrogens is 494 g/mol. The molecule has 2 aliphatic rings. The van der Waals surface area contributed by atoms with Gasteiger partial charge in [-0.3, -0.25) is 19.2 Å². The molecule has 0 saturated carbocycles. The van der Waals surface area contributed by atoms with E-state index in [-0.39, 0.29) is 24.4 Å². The number of aromatic nitrogens is 2. The highest BCUT2D eigenvalue weighted by Gasteiger charge is 2.47. The molecule has 9 heteroatoms. The molecule has 3 heterocycles. The molecule has 1 saturated heterocycles. The second-order valence-corrected chi connectivity index (χ2v) is 11.2. The predicted octanol–water partition coefficient (Wildman–Crippen LogP) is 3.35. The van der Waals surface area contributed by atoms with Crippen molar-refractivity contribution in [1.82, 2.24) is 24.5 Å². The fourth-order valence-corrected chi connectivity index (χ4v) is 6.04. The van der Waals surface area contributed by atoms with Gasteiger partial charge in [-0.05, 0) is 69.6 Å². The summed E-state index contributed by atoms with van der Waals surface area (Å²) >= 11 is 0. The van der Waals surface area contributed by atoms with E-state index in [1.165, 1.54) is 0 Å². The van der Waals surface area contributed by atoms with Crippen LogP contribution >= 0.6 is 0 Å². The van der Waals surface area contributed by atoms with E-state index in [0.29, 0.717) is 26.1 Å². The third kappa shape index (κ3) is 7.60. The van der Waals surface area contributed by atoms with E-state index in [1.54, 1.807) is 6.20 Å². The van der Waals surface area contributed by atoms with E-state index in [4.69, 9.17) is 4.74 Å². The monoisotopic (exact) mass is 539 g/mol. The van der Waals surface area contributed by atoms with Gasteiger partial charge >= 0.3 is 5.97 Å². The van der Waals surface area contributed by atoms with Gasteiger partial charge in [0.15, 0.2) is 0 Å². The minimum atomic E-state index is -0.802. The van der Waals surface area contributed by atoms with Crippen LogP contribution in [0.3, 0.4) is 0 Å². The minimum absolute atomic E-state index is 0.101. The Morgan fingerprint density at radius 1 is 1.15 bits per heavy atom. The van der Waals surface area contributed by atoms with Crippen molar-refractivity contribution in [2.75, 3.05) is 53.4 Å². The van der Waals surface area contributed by atoms with Gasteiger partial charge in [0.1, 0.15) is 5.75 Å². The van der Waals surface area contributed by atoms with Gasteiger partial charge in [-0.25, -0.2) is 0 Å². The molecule has 9 nitrogen and oxygen atoms in total. The number of carbonyl (C=O) groups excluding carboxylic acids is 1. The Morgan fingerprint density at radius 3 is 2.67 bits per heavy atom. The Bertz CT molecular complexity index is 1070. The predicted molar refractivity (Wildman–Crippen MR) is 151 cm³/mol. The van der Waals surface area contributed by atoms with E-state index < -0.39 is 11.9 Å². The van der Waals surface area contributed by atoms with Crippen LogP contribution in [0.2, 0.25) is 0 Å². The third-order valence-corrected chi connectivity index (χ3v) is 8.14. The molecule has 39 heavy (non-hydrogen) atoms. The zero-order chi connectivity index (χ0) is 27.8. The van der Waals surface area contributed by atoms with Crippen LogP contribution in [0.1, 0.15) is 56.1 Å². The molecule has 0 bridgehead atoms. The average molecular weight is 540 g/mol. The van der Waals surface area contributed by atoms with Gasteiger partial charge in [-0.1, -0.05) is 25.5 Å². The summed E-state index contributed by atoms with van der Waals surface area (Å²) < 4.78 is 7.53. The van der Waals surface area contributed by atoms with Crippen molar-refractivity contribution in [3.05, 3.63) is 47.8 Å².